The van der Waals surface area contributed by atoms with Crippen LogP contribution in [0.2, 0.25) is 0 Å². The van der Waals surface area contributed by atoms with Gasteiger partial charge < -0.3 is 10.4 Å². The van der Waals surface area contributed by atoms with E-state index in [2.05, 4.69) is 5.32 Å². The first-order valence-electron chi connectivity index (χ1n) is 7.11. The first kappa shape index (κ1) is 12.6. The van der Waals surface area contributed by atoms with E-state index in [9.17, 15) is 14.4 Å². The van der Waals surface area contributed by atoms with E-state index in [1.54, 1.807) is 0 Å². The van der Waals surface area contributed by atoms with Crippen LogP contribution in [-0.4, -0.2) is 28.8 Å². The minimum absolute atomic E-state index is 0.0224. The van der Waals surface area contributed by atoms with Crippen molar-refractivity contribution in [2.75, 3.05) is 0 Å². The number of hydrogen-bond donors (Lipinski definition) is 2. The summed E-state index contributed by atoms with van der Waals surface area (Å²) in [6.07, 6.45) is 3.81. The van der Waals surface area contributed by atoms with Gasteiger partial charge in [-0.05, 0) is 37.5 Å². The average Bonchev–Trinajstić information content (AvgIpc) is 3.08. The first-order chi connectivity index (χ1) is 9.06. The summed E-state index contributed by atoms with van der Waals surface area (Å²) >= 11 is 0. The Labute approximate surface area is 111 Å². The number of fused-ring (bicyclic) bond motifs is 1. The summed E-state index contributed by atoms with van der Waals surface area (Å²) in [5, 5.41) is 12.1. The van der Waals surface area contributed by atoms with Gasteiger partial charge in [0.05, 0.1) is 5.92 Å². The molecule has 3 aliphatic rings. The van der Waals surface area contributed by atoms with Crippen molar-refractivity contribution in [1.29, 1.82) is 0 Å². The Kier molecular flexibility index (Phi) is 3.07. The van der Waals surface area contributed by atoms with Gasteiger partial charge in [0.25, 0.3) is 0 Å². The Morgan fingerprint density at radius 3 is 2.37 bits per heavy atom. The first-order valence-corrected chi connectivity index (χ1v) is 7.11. The van der Waals surface area contributed by atoms with E-state index >= 15 is 0 Å². The molecule has 0 bridgehead atoms. The summed E-state index contributed by atoms with van der Waals surface area (Å²) in [5.41, 5.74) is 0. The minimum Gasteiger partial charge on any atom is -0.481 e. The number of ketones is 1. The second-order valence-electron chi connectivity index (χ2n) is 6.17. The van der Waals surface area contributed by atoms with Gasteiger partial charge in [0.15, 0.2) is 0 Å². The molecule has 19 heavy (non-hydrogen) atoms. The van der Waals surface area contributed by atoms with Crippen LogP contribution in [0.25, 0.3) is 0 Å². The molecule has 0 spiro atoms. The number of aliphatic carboxylic acids is 1. The summed E-state index contributed by atoms with van der Waals surface area (Å²) in [5.74, 6) is -0.146. The number of carboxylic acids is 1. The van der Waals surface area contributed by atoms with Crippen molar-refractivity contribution in [3.8, 4) is 0 Å². The van der Waals surface area contributed by atoms with Gasteiger partial charge >= 0.3 is 5.97 Å². The maximum absolute atomic E-state index is 12.1. The molecule has 0 aliphatic heterocycles. The molecule has 0 unspecified atom stereocenters. The zero-order valence-corrected chi connectivity index (χ0v) is 10.8. The van der Waals surface area contributed by atoms with E-state index in [1.165, 1.54) is 0 Å². The molecule has 0 aromatic rings. The molecule has 3 fully saturated rings. The number of amides is 1. The van der Waals surface area contributed by atoms with Gasteiger partial charge in [-0.2, -0.15) is 0 Å². The smallest absolute Gasteiger partial charge is 0.306 e. The molecule has 104 valence electrons. The third kappa shape index (κ3) is 2.38. The highest BCUT2D eigenvalue weighted by Gasteiger charge is 2.57. The molecule has 0 radical (unpaired) electrons. The van der Waals surface area contributed by atoms with Crippen LogP contribution >= 0.6 is 0 Å². The molecule has 5 heteroatoms. The summed E-state index contributed by atoms with van der Waals surface area (Å²) in [4.78, 5) is 34.3. The van der Waals surface area contributed by atoms with Crippen molar-refractivity contribution < 1.29 is 19.5 Å². The van der Waals surface area contributed by atoms with Gasteiger partial charge in [-0.3, -0.25) is 14.4 Å². The van der Waals surface area contributed by atoms with Crippen molar-refractivity contribution in [2.24, 2.45) is 23.7 Å². The van der Waals surface area contributed by atoms with Crippen LogP contribution in [0.3, 0.4) is 0 Å². The fourth-order valence-corrected chi connectivity index (χ4v) is 3.74. The van der Waals surface area contributed by atoms with Crippen LogP contribution in [0, 0.1) is 23.7 Å². The number of carboxylic acid groups (broad SMARTS) is 1. The van der Waals surface area contributed by atoms with Crippen LogP contribution in [-0.2, 0) is 14.4 Å². The molecule has 0 heterocycles. The van der Waals surface area contributed by atoms with E-state index < -0.39 is 5.97 Å². The third-order valence-corrected chi connectivity index (χ3v) is 4.99. The Balaban J connectivity index is 1.53. The van der Waals surface area contributed by atoms with Gasteiger partial charge in [0.1, 0.15) is 5.78 Å². The summed E-state index contributed by atoms with van der Waals surface area (Å²) in [7, 11) is 0. The lowest BCUT2D eigenvalue weighted by Gasteiger charge is -2.23. The van der Waals surface area contributed by atoms with Gasteiger partial charge in [-0.25, -0.2) is 0 Å². The lowest BCUT2D eigenvalue weighted by Crippen LogP contribution is -2.41. The molecule has 5 nitrogen and oxygen atoms in total. The minimum atomic E-state index is -0.729. The van der Waals surface area contributed by atoms with Crippen molar-refractivity contribution >= 4 is 17.7 Å². The van der Waals surface area contributed by atoms with Crippen LogP contribution < -0.4 is 5.32 Å². The van der Waals surface area contributed by atoms with Crippen molar-refractivity contribution in [2.45, 2.75) is 44.6 Å². The molecule has 0 aromatic carbocycles. The Bertz CT molecular complexity index is 423. The fourth-order valence-electron chi connectivity index (χ4n) is 3.74. The molecular formula is C14H19NO4. The van der Waals surface area contributed by atoms with Crippen molar-refractivity contribution in [3.63, 3.8) is 0 Å². The summed E-state index contributed by atoms with van der Waals surface area (Å²) in [6.45, 7) is 0. The Morgan fingerprint density at radius 2 is 1.79 bits per heavy atom. The summed E-state index contributed by atoms with van der Waals surface area (Å²) in [6, 6.07) is 0.0382. The lowest BCUT2D eigenvalue weighted by molar-refractivity contribution is -0.142. The molecule has 3 saturated carbocycles. The van der Waals surface area contributed by atoms with Crippen LogP contribution in [0.4, 0.5) is 0 Å². The number of carbonyl (C=O) groups is 3. The predicted molar refractivity (Wildman–Crippen MR) is 66.2 cm³/mol. The molecule has 0 saturated heterocycles. The molecule has 1 amide bonds. The maximum atomic E-state index is 12.1. The fraction of sp³-hybridized carbons (Fsp3) is 0.786. The number of hydrogen-bond acceptors (Lipinski definition) is 3. The highest BCUT2D eigenvalue weighted by atomic mass is 16.4. The van der Waals surface area contributed by atoms with Crippen LogP contribution in [0.1, 0.15) is 38.5 Å². The zero-order valence-electron chi connectivity index (χ0n) is 10.8. The molecule has 3 aliphatic carbocycles. The number of Topliss-reactive ketones (excluding diaryl/α,β-unsaturated/α-hetero) is 1. The number of carbonyl (C=O) groups excluding carboxylic acids is 2. The standard InChI is InChI=1S/C14H19NO4/c16-8-3-1-7(2-4-8)13(17)15-12-6-11(14(18)19)9-5-10(9)12/h7,9-12H,1-6H2,(H,15,17)(H,18,19)/t9-,10+,11-,12+/m1/s1. The second-order valence-corrected chi connectivity index (χ2v) is 6.17. The third-order valence-electron chi connectivity index (χ3n) is 4.99. The Hall–Kier alpha value is -1.39. The topological polar surface area (TPSA) is 83.5 Å². The van der Waals surface area contributed by atoms with Crippen LogP contribution in [0.5, 0.6) is 0 Å². The maximum Gasteiger partial charge on any atom is 0.306 e. The van der Waals surface area contributed by atoms with Crippen molar-refractivity contribution in [1.82, 2.24) is 5.32 Å². The second kappa shape index (κ2) is 4.62. The number of rotatable bonds is 3. The predicted octanol–water partition coefficient (Wildman–Crippen LogP) is 0.971. The summed E-state index contributed by atoms with van der Waals surface area (Å²) < 4.78 is 0. The van der Waals surface area contributed by atoms with Gasteiger partial charge in [0, 0.05) is 24.8 Å². The van der Waals surface area contributed by atoms with E-state index in [4.69, 9.17) is 5.11 Å². The SMILES string of the molecule is O=C1CCC(C(=O)N[C@H]2C[C@@H](C(=O)O)[C@@H]3C[C@@H]32)CC1. The zero-order chi connectivity index (χ0) is 13.6. The molecule has 2 N–H and O–H groups in total. The highest BCUT2D eigenvalue weighted by molar-refractivity contribution is 5.85. The van der Waals surface area contributed by atoms with E-state index in [0.29, 0.717) is 38.0 Å². The van der Waals surface area contributed by atoms with Crippen LogP contribution in [0.15, 0.2) is 0 Å². The van der Waals surface area contributed by atoms with E-state index in [-0.39, 0.29) is 35.5 Å². The monoisotopic (exact) mass is 265 g/mol. The largest absolute Gasteiger partial charge is 0.481 e. The lowest BCUT2D eigenvalue weighted by atomic mass is 9.87. The molecular weight excluding hydrogens is 246 g/mol. The molecule has 0 aromatic heterocycles. The van der Waals surface area contributed by atoms with Gasteiger partial charge in [-0.1, -0.05) is 0 Å². The molecule has 3 rings (SSSR count). The van der Waals surface area contributed by atoms with E-state index in [1.807, 2.05) is 0 Å². The van der Waals surface area contributed by atoms with Gasteiger partial charge in [-0.15, -0.1) is 0 Å². The van der Waals surface area contributed by atoms with E-state index in [0.717, 1.165) is 6.42 Å². The molecule has 4 atom stereocenters. The highest BCUT2D eigenvalue weighted by Crippen LogP contribution is 2.55. The van der Waals surface area contributed by atoms with Crippen molar-refractivity contribution in [3.05, 3.63) is 0 Å². The average molecular weight is 265 g/mol. The van der Waals surface area contributed by atoms with Gasteiger partial charge in [0.2, 0.25) is 5.91 Å². The normalized spacial score (nSPS) is 37.8. The Morgan fingerprint density at radius 1 is 1.11 bits per heavy atom. The number of nitrogens with one attached hydrogen (secondary N) is 1. The quantitative estimate of drug-likeness (QED) is 0.796.